The number of ether oxygens (including phenoxy) is 1. The van der Waals surface area contributed by atoms with Gasteiger partial charge >= 0.3 is 5.97 Å². The molecule has 1 heterocycles. The van der Waals surface area contributed by atoms with Gasteiger partial charge in [-0.05, 0) is 5.56 Å². The van der Waals surface area contributed by atoms with Gasteiger partial charge in [0.1, 0.15) is 18.0 Å². The Balaban J connectivity index is 2.25. The van der Waals surface area contributed by atoms with Crippen LogP contribution in [0.3, 0.4) is 0 Å². The van der Waals surface area contributed by atoms with Gasteiger partial charge in [0.2, 0.25) is 0 Å². The van der Waals surface area contributed by atoms with Crippen molar-refractivity contribution in [2.75, 3.05) is 7.11 Å². The summed E-state index contributed by atoms with van der Waals surface area (Å²) in [5, 5.41) is 9.97. The maximum atomic E-state index is 11.0. The van der Waals surface area contributed by atoms with Gasteiger partial charge < -0.3 is 14.3 Å². The third-order valence-corrected chi connectivity index (χ3v) is 3.55. The highest BCUT2D eigenvalue weighted by Gasteiger charge is 2.18. The maximum Gasteiger partial charge on any atom is 0.307 e. The van der Waals surface area contributed by atoms with Crippen LogP contribution < -0.4 is 0 Å². The standard InChI is InChI=1S/C18H16O4/c1-21-11-15-17(12-6-3-2-4-7-12)14-9-5-8-13(10-16(19)20)18(14)22-15/h2-9H,10-11H2,1H3,(H,19,20). The predicted octanol–water partition coefficient (Wildman–Crippen LogP) is 3.87. The fourth-order valence-electron chi connectivity index (χ4n) is 2.68. The number of fused-ring (bicyclic) bond motifs is 1. The third-order valence-electron chi connectivity index (χ3n) is 3.55. The minimum Gasteiger partial charge on any atom is -0.481 e. The highest BCUT2D eigenvalue weighted by atomic mass is 16.5. The Bertz CT molecular complexity index is 803. The molecule has 0 amide bonds. The average Bonchev–Trinajstić information content (AvgIpc) is 2.87. The number of furan rings is 1. The second-order valence-corrected chi connectivity index (χ2v) is 5.06. The summed E-state index contributed by atoms with van der Waals surface area (Å²) in [5.74, 6) is -0.167. The van der Waals surface area contributed by atoms with E-state index in [2.05, 4.69) is 0 Å². The Morgan fingerprint density at radius 1 is 1.14 bits per heavy atom. The Morgan fingerprint density at radius 2 is 1.91 bits per heavy atom. The number of carbonyl (C=O) groups is 1. The lowest BCUT2D eigenvalue weighted by Gasteiger charge is -2.02. The molecule has 0 saturated carbocycles. The van der Waals surface area contributed by atoms with Crippen LogP contribution in [0.5, 0.6) is 0 Å². The van der Waals surface area contributed by atoms with Crippen molar-refractivity contribution in [3.05, 3.63) is 59.9 Å². The summed E-state index contributed by atoms with van der Waals surface area (Å²) in [6.07, 6.45) is -0.0640. The molecule has 0 aliphatic heterocycles. The van der Waals surface area contributed by atoms with Gasteiger partial charge in [-0.15, -0.1) is 0 Å². The zero-order valence-corrected chi connectivity index (χ0v) is 12.2. The Morgan fingerprint density at radius 3 is 2.59 bits per heavy atom. The van der Waals surface area contributed by atoms with Gasteiger partial charge in [0.15, 0.2) is 0 Å². The molecule has 1 aromatic heterocycles. The topological polar surface area (TPSA) is 59.7 Å². The second kappa shape index (κ2) is 6.03. The molecule has 0 aliphatic carbocycles. The van der Waals surface area contributed by atoms with Crippen LogP contribution in [0, 0.1) is 0 Å². The summed E-state index contributed by atoms with van der Waals surface area (Å²) in [4.78, 5) is 11.0. The maximum absolute atomic E-state index is 11.0. The molecule has 0 saturated heterocycles. The van der Waals surface area contributed by atoms with E-state index < -0.39 is 5.97 Å². The van der Waals surface area contributed by atoms with E-state index in [-0.39, 0.29) is 6.42 Å². The largest absolute Gasteiger partial charge is 0.481 e. The summed E-state index contributed by atoms with van der Waals surface area (Å²) in [6, 6.07) is 15.5. The quantitative estimate of drug-likeness (QED) is 0.776. The molecule has 0 radical (unpaired) electrons. The summed E-state index contributed by atoms with van der Waals surface area (Å²) in [7, 11) is 1.61. The molecule has 22 heavy (non-hydrogen) atoms. The molecule has 4 heteroatoms. The number of benzene rings is 2. The molecular weight excluding hydrogens is 280 g/mol. The number of para-hydroxylation sites is 1. The van der Waals surface area contributed by atoms with Crippen LogP contribution in [0.25, 0.3) is 22.1 Å². The molecule has 0 unspecified atom stereocenters. The van der Waals surface area contributed by atoms with E-state index in [4.69, 9.17) is 14.3 Å². The van der Waals surface area contributed by atoms with E-state index in [9.17, 15) is 4.79 Å². The van der Waals surface area contributed by atoms with E-state index >= 15 is 0 Å². The van der Waals surface area contributed by atoms with Crippen molar-refractivity contribution in [3.8, 4) is 11.1 Å². The smallest absolute Gasteiger partial charge is 0.307 e. The molecule has 2 aromatic carbocycles. The van der Waals surface area contributed by atoms with Crippen molar-refractivity contribution < 1.29 is 19.1 Å². The van der Waals surface area contributed by atoms with Gasteiger partial charge in [0.05, 0.1) is 6.42 Å². The predicted molar refractivity (Wildman–Crippen MR) is 83.7 cm³/mol. The number of carboxylic acids is 1. The molecule has 0 aliphatic rings. The average molecular weight is 296 g/mol. The minimum absolute atomic E-state index is 0.0640. The number of methoxy groups -OCH3 is 1. The monoisotopic (exact) mass is 296 g/mol. The van der Waals surface area contributed by atoms with Gasteiger partial charge in [-0.2, -0.15) is 0 Å². The first-order valence-electron chi connectivity index (χ1n) is 7.00. The van der Waals surface area contributed by atoms with Crippen LogP contribution in [0.15, 0.2) is 52.9 Å². The minimum atomic E-state index is -0.876. The van der Waals surface area contributed by atoms with Crippen molar-refractivity contribution in [3.63, 3.8) is 0 Å². The van der Waals surface area contributed by atoms with Gasteiger partial charge in [0.25, 0.3) is 0 Å². The van der Waals surface area contributed by atoms with Crippen molar-refractivity contribution >= 4 is 16.9 Å². The lowest BCUT2D eigenvalue weighted by Crippen LogP contribution is -1.99. The van der Waals surface area contributed by atoms with Crippen molar-refractivity contribution in [1.82, 2.24) is 0 Å². The van der Waals surface area contributed by atoms with E-state index in [1.54, 1.807) is 13.2 Å². The van der Waals surface area contributed by atoms with E-state index in [0.717, 1.165) is 16.5 Å². The second-order valence-electron chi connectivity index (χ2n) is 5.06. The number of hydrogen-bond donors (Lipinski definition) is 1. The molecule has 0 atom stereocenters. The summed E-state index contributed by atoms with van der Waals surface area (Å²) < 4.78 is 11.2. The van der Waals surface area contributed by atoms with Crippen LogP contribution in [0.1, 0.15) is 11.3 Å². The number of rotatable bonds is 5. The lowest BCUT2D eigenvalue weighted by atomic mass is 10.00. The Labute approximate surface area is 127 Å². The van der Waals surface area contributed by atoms with E-state index in [1.807, 2.05) is 42.5 Å². The van der Waals surface area contributed by atoms with Crippen LogP contribution in [0.2, 0.25) is 0 Å². The number of hydrogen-bond acceptors (Lipinski definition) is 3. The molecule has 3 rings (SSSR count). The normalized spacial score (nSPS) is 11.0. The SMILES string of the molecule is COCc1oc2c(CC(=O)O)cccc2c1-c1ccccc1. The fraction of sp³-hybridized carbons (Fsp3) is 0.167. The van der Waals surface area contributed by atoms with Crippen LogP contribution in [-0.2, 0) is 22.6 Å². The number of aliphatic carboxylic acids is 1. The summed E-state index contributed by atoms with van der Waals surface area (Å²) >= 11 is 0. The van der Waals surface area contributed by atoms with Crippen molar-refractivity contribution in [2.45, 2.75) is 13.0 Å². The highest BCUT2D eigenvalue weighted by molar-refractivity contribution is 5.98. The summed E-state index contributed by atoms with van der Waals surface area (Å²) in [6.45, 7) is 0.339. The van der Waals surface area contributed by atoms with Gasteiger partial charge in [-0.1, -0.05) is 48.5 Å². The molecule has 4 nitrogen and oxygen atoms in total. The number of carboxylic acid groups (broad SMARTS) is 1. The molecular formula is C18H16O4. The Hall–Kier alpha value is -2.59. The Kier molecular flexibility index (Phi) is 3.94. The summed E-state index contributed by atoms with van der Waals surface area (Å²) in [5.41, 5.74) is 3.28. The third kappa shape index (κ3) is 2.61. The van der Waals surface area contributed by atoms with Crippen LogP contribution in [-0.4, -0.2) is 18.2 Å². The highest BCUT2D eigenvalue weighted by Crippen LogP contribution is 2.36. The van der Waals surface area contributed by atoms with E-state index in [1.165, 1.54) is 0 Å². The molecule has 0 bridgehead atoms. The zero-order chi connectivity index (χ0) is 15.5. The molecule has 3 aromatic rings. The van der Waals surface area contributed by atoms with E-state index in [0.29, 0.717) is 23.5 Å². The molecule has 112 valence electrons. The van der Waals surface area contributed by atoms with Crippen LogP contribution in [0.4, 0.5) is 0 Å². The van der Waals surface area contributed by atoms with Crippen molar-refractivity contribution in [1.29, 1.82) is 0 Å². The lowest BCUT2D eigenvalue weighted by molar-refractivity contribution is -0.136. The van der Waals surface area contributed by atoms with Crippen LogP contribution >= 0.6 is 0 Å². The molecule has 0 fully saturated rings. The van der Waals surface area contributed by atoms with Gasteiger partial charge in [-0.25, -0.2) is 0 Å². The molecule has 1 N–H and O–H groups in total. The first-order chi connectivity index (χ1) is 10.7. The molecule has 0 spiro atoms. The van der Waals surface area contributed by atoms with Crippen molar-refractivity contribution in [2.24, 2.45) is 0 Å². The first kappa shape index (κ1) is 14.4. The first-order valence-corrected chi connectivity index (χ1v) is 7.00. The zero-order valence-electron chi connectivity index (χ0n) is 12.2. The fourth-order valence-corrected chi connectivity index (χ4v) is 2.68. The van der Waals surface area contributed by atoms with Gasteiger partial charge in [-0.3, -0.25) is 4.79 Å². The van der Waals surface area contributed by atoms with Gasteiger partial charge in [0, 0.05) is 23.6 Å².